The van der Waals surface area contributed by atoms with Crippen molar-refractivity contribution in [1.29, 1.82) is 0 Å². The Kier molecular flexibility index (Phi) is 12.5. The second kappa shape index (κ2) is 16.4. The zero-order valence-corrected chi connectivity index (χ0v) is 29.2. The van der Waals surface area contributed by atoms with Crippen LogP contribution in [0.5, 0.6) is 5.75 Å². The van der Waals surface area contributed by atoms with E-state index in [1.165, 1.54) is 20.3 Å². The Bertz CT molecular complexity index is 1530. The Labute approximate surface area is 277 Å². The molecule has 0 saturated heterocycles. The van der Waals surface area contributed by atoms with E-state index in [9.17, 15) is 19.1 Å². The van der Waals surface area contributed by atoms with Crippen LogP contribution >= 0.6 is 0 Å². The zero-order valence-electron chi connectivity index (χ0n) is 28.2. The van der Waals surface area contributed by atoms with Crippen LogP contribution in [0.3, 0.4) is 0 Å². The maximum Gasteiger partial charge on any atom is 0.411 e. The van der Waals surface area contributed by atoms with Crippen LogP contribution in [0.1, 0.15) is 56.1 Å². The SMILES string of the molecule is COC(=O)Nc1ccc2c(c1)NC(=O)[C@H](C)CCC[C@H](NCCC(O)c1cccc(OC)c1F)c1nc-2cn1COCC[Si](C)(C)C. The van der Waals surface area contributed by atoms with E-state index >= 15 is 0 Å². The molecule has 13 heteroatoms. The van der Waals surface area contributed by atoms with E-state index in [1.807, 2.05) is 17.7 Å². The number of benzene rings is 2. The molecule has 0 aliphatic carbocycles. The van der Waals surface area contributed by atoms with Gasteiger partial charge in [-0.1, -0.05) is 45.1 Å². The molecule has 0 fully saturated rings. The molecule has 0 spiro atoms. The number of aliphatic hydroxyl groups is 1. The van der Waals surface area contributed by atoms with Crippen molar-refractivity contribution in [3.63, 3.8) is 0 Å². The number of hydrogen-bond donors (Lipinski definition) is 4. The lowest BCUT2D eigenvalue weighted by Gasteiger charge is -2.23. The molecule has 3 atom stereocenters. The molecule has 11 nitrogen and oxygen atoms in total. The molecule has 1 unspecified atom stereocenters. The van der Waals surface area contributed by atoms with Gasteiger partial charge in [0.25, 0.3) is 0 Å². The van der Waals surface area contributed by atoms with Crippen molar-refractivity contribution in [2.24, 2.45) is 5.92 Å². The zero-order chi connectivity index (χ0) is 34.1. The normalized spacial score (nSPS) is 17.5. The highest BCUT2D eigenvalue weighted by atomic mass is 28.3. The maximum atomic E-state index is 14.8. The minimum absolute atomic E-state index is 0.0872. The molecule has 3 aromatic rings. The minimum Gasteiger partial charge on any atom is -0.494 e. The summed E-state index contributed by atoms with van der Waals surface area (Å²) in [4.78, 5) is 30.2. The van der Waals surface area contributed by atoms with Gasteiger partial charge >= 0.3 is 6.09 Å². The smallest absolute Gasteiger partial charge is 0.411 e. The summed E-state index contributed by atoms with van der Waals surface area (Å²) >= 11 is 0. The van der Waals surface area contributed by atoms with Gasteiger partial charge in [-0.05, 0) is 56.1 Å². The van der Waals surface area contributed by atoms with Crippen LogP contribution in [0.25, 0.3) is 11.3 Å². The molecular formula is C34H48FN5O6Si. The average Bonchev–Trinajstić information content (AvgIpc) is 3.45. The summed E-state index contributed by atoms with van der Waals surface area (Å²) in [6, 6.07) is 10.8. The van der Waals surface area contributed by atoms with Gasteiger partial charge in [-0.25, -0.2) is 14.2 Å². The third kappa shape index (κ3) is 9.86. The summed E-state index contributed by atoms with van der Waals surface area (Å²) in [6.07, 6.45) is 2.57. The van der Waals surface area contributed by atoms with Crippen LogP contribution < -0.4 is 20.7 Å². The van der Waals surface area contributed by atoms with E-state index in [0.29, 0.717) is 55.4 Å². The van der Waals surface area contributed by atoms with E-state index in [-0.39, 0.29) is 35.6 Å². The number of carbonyl (C=O) groups is 2. The fraction of sp³-hybridized carbons (Fsp3) is 0.500. The van der Waals surface area contributed by atoms with Crippen molar-refractivity contribution < 1.29 is 33.3 Å². The molecule has 2 bridgehead atoms. The minimum atomic E-state index is -1.30. The lowest BCUT2D eigenvalue weighted by Crippen LogP contribution is -2.28. The van der Waals surface area contributed by atoms with Crippen molar-refractivity contribution in [2.75, 3.05) is 38.0 Å². The number of aromatic nitrogens is 2. The highest BCUT2D eigenvalue weighted by Gasteiger charge is 2.25. The van der Waals surface area contributed by atoms with Crippen molar-refractivity contribution >= 4 is 31.4 Å². The van der Waals surface area contributed by atoms with Gasteiger partial charge < -0.3 is 34.5 Å². The molecule has 0 saturated carbocycles. The summed E-state index contributed by atoms with van der Waals surface area (Å²) < 4.78 is 32.8. The van der Waals surface area contributed by atoms with E-state index in [2.05, 4.69) is 35.6 Å². The quantitative estimate of drug-likeness (QED) is 0.124. The summed E-state index contributed by atoms with van der Waals surface area (Å²) in [5.74, 6) is -0.126. The van der Waals surface area contributed by atoms with Gasteiger partial charge in [0.1, 0.15) is 12.6 Å². The second-order valence-electron chi connectivity index (χ2n) is 13.2. The fourth-order valence-electron chi connectivity index (χ4n) is 5.43. The van der Waals surface area contributed by atoms with Crippen LogP contribution in [-0.4, -0.2) is 62.1 Å². The molecule has 1 aromatic heterocycles. The Morgan fingerprint density at radius 2 is 2.00 bits per heavy atom. The van der Waals surface area contributed by atoms with E-state index in [4.69, 9.17) is 19.2 Å². The first-order chi connectivity index (χ1) is 22.4. The van der Waals surface area contributed by atoms with Crippen molar-refractivity contribution in [1.82, 2.24) is 14.9 Å². The molecule has 1 aliphatic heterocycles. The van der Waals surface area contributed by atoms with Gasteiger partial charge in [-0.3, -0.25) is 10.1 Å². The number of amides is 2. The number of hydrogen-bond acceptors (Lipinski definition) is 8. The summed E-state index contributed by atoms with van der Waals surface area (Å²) in [5.41, 5.74) is 2.48. The predicted octanol–water partition coefficient (Wildman–Crippen LogP) is 6.70. The molecule has 2 amide bonds. The number of nitrogens with zero attached hydrogens (tertiary/aromatic N) is 2. The predicted molar refractivity (Wildman–Crippen MR) is 183 cm³/mol. The Balaban J connectivity index is 1.66. The van der Waals surface area contributed by atoms with Crippen LogP contribution in [-0.2, 0) is 21.0 Å². The third-order valence-electron chi connectivity index (χ3n) is 8.29. The average molecular weight is 670 g/mol. The number of aliphatic hydroxyl groups excluding tert-OH is 1. The molecular weight excluding hydrogens is 621 g/mol. The molecule has 4 rings (SSSR count). The van der Waals surface area contributed by atoms with Crippen LogP contribution in [0, 0.1) is 11.7 Å². The van der Waals surface area contributed by atoms with Crippen LogP contribution in [0.2, 0.25) is 25.7 Å². The summed E-state index contributed by atoms with van der Waals surface area (Å²) in [5, 5.41) is 20.1. The Hall–Kier alpha value is -3.78. The standard InChI is InChI=1S/C34H48FN5O6Si/c1-22-9-7-11-26(36-16-15-29(41)25-10-8-12-30(44-2)31(25)35)32-38-28(20-40(32)21-46-17-18-47(4,5)6)24-14-13-23(37-34(43)45-3)19-27(24)39-33(22)42/h8,10,12-14,19-20,22,26,29,36,41H,7,9,11,15-18,21H2,1-6H3,(H,37,43)(H,39,42)/t22-,26+,29?/m1/s1. The fourth-order valence-corrected chi connectivity index (χ4v) is 6.19. The molecule has 2 heterocycles. The van der Waals surface area contributed by atoms with Gasteiger partial charge in [-0.15, -0.1) is 0 Å². The first-order valence-electron chi connectivity index (χ1n) is 16.1. The largest absolute Gasteiger partial charge is 0.494 e. The van der Waals surface area contributed by atoms with Gasteiger partial charge in [-0.2, -0.15) is 0 Å². The number of anilines is 2. The van der Waals surface area contributed by atoms with E-state index in [1.54, 1.807) is 30.3 Å². The van der Waals surface area contributed by atoms with E-state index < -0.39 is 26.1 Å². The number of fused-ring (bicyclic) bond motifs is 4. The number of imidazole rings is 1. The monoisotopic (exact) mass is 669 g/mol. The van der Waals surface area contributed by atoms with Gasteiger partial charge in [0.05, 0.1) is 37.7 Å². The Morgan fingerprint density at radius 1 is 1.21 bits per heavy atom. The number of halogens is 1. The van der Waals surface area contributed by atoms with Gasteiger partial charge in [0, 0.05) is 43.6 Å². The lowest BCUT2D eigenvalue weighted by atomic mass is 9.99. The number of ether oxygens (including phenoxy) is 3. The van der Waals surface area contributed by atoms with Gasteiger partial charge in [0.2, 0.25) is 5.91 Å². The summed E-state index contributed by atoms with van der Waals surface area (Å²) in [7, 11) is 1.38. The Morgan fingerprint density at radius 3 is 2.72 bits per heavy atom. The highest BCUT2D eigenvalue weighted by Crippen LogP contribution is 2.34. The van der Waals surface area contributed by atoms with E-state index in [0.717, 1.165) is 18.3 Å². The van der Waals surface area contributed by atoms with Crippen molar-refractivity contribution in [2.45, 2.75) is 77.2 Å². The molecule has 256 valence electrons. The van der Waals surface area contributed by atoms with Crippen LogP contribution in [0.4, 0.5) is 20.6 Å². The lowest BCUT2D eigenvalue weighted by molar-refractivity contribution is -0.119. The van der Waals surface area contributed by atoms with Crippen LogP contribution in [0.15, 0.2) is 42.6 Å². The topological polar surface area (TPSA) is 136 Å². The molecule has 2 aromatic carbocycles. The van der Waals surface area contributed by atoms with Crippen molar-refractivity contribution in [3.05, 3.63) is 59.8 Å². The molecule has 4 N–H and O–H groups in total. The third-order valence-corrected chi connectivity index (χ3v) is 9.99. The number of rotatable bonds is 12. The molecule has 47 heavy (non-hydrogen) atoms. The number of methoxy groups -OCH3 is 2. The number of carbonyl (C=O) groups excluding carboxylic acids is 2. The first-order valence-corrected chi connectivity index (χ1v) is 19.8. The first kappa shape index (κ1) is 36.1. The number of nitrogens with one attached hydrogen (secondary N) is 3. The highest BCUT2D eigenvalue weighted by molar-refractivity contribution is 6.76. The molecule has 1 aliphatic rings. The maximum absolute atomic E-state index is 14.8. The second-order valence-corrected chi connectivity index (χ2v) is 18.8. The summed E-state index contributed by atoms with van der Waals surface area (Å²) in [6.45, 7) is 10.1. The van der Waals surface area contributed by atoms with Gasteiger partial charge in [0.15, 0.2) is 11.6 Å². The van der Waals surface area contributed by atoms with Crippen molar-refractivity contribution in [3.8, 4) is 17.0 Å². The molecule has 0 radical (unpaired) electrons.